The first-order chi connectivity index (χ1) is 11.4. The molecular weight excluding hydrogens is 300 g/mol. The van der Waals surface area contributed by atoms with E-state index in [0.29, 0.717) is 26.0 Å². The molecule has 0 radical (unpaired) electrons. The number of rotatable bonds is 6. The van der Waals surface area contributed by atoms with Crippen LogP contribution in [0.4, 0.5) is 0 Å². The molecule has 0 bridgehead atoms. The predicted octanol–water partition coefficient (Wildman–Crippen LogP) is 3.57. The number of ether oxygens (including phenoxy) is 1. The number of nitriles is 1. The third-order valence-corrected chi connectivity index (χ3v) is 4.86. The van der Waals surface area contributed by atoms with Gasteiger partial charge < -0.3 is 9.64 Å². The van der Waals surface area contributed by atoms with Gasteiger partial charge in [-0.1, -0.05) is 30.3 Å². The summed E-state index contributed by atoms with van der Waals surface area (Å²) in [4.78, 5) is 14.4. The van der Waals surface area contributed by atoms with E-state index in [1.807, 2.05) is 18.2 Å². The van der Waals surface area contributed by atoms with Crippen molar-refractivity contribution >= 4 is 5.91 Å². The molecule has 0 aliphatic carbocycles. The van der Waals surface area contributed by atoms with Gasteiger partial charge in [-0.3, -0.25) is 4.79 Å². The molecule has 1 aliphatic rings. The Kier molecular flexibility index (Phi) is 6.01. The largest absolute Gasteiger partial charge is 0.376 e. The average molecular weight is 328 g/mol. The Morgan fingerprint density at radius 3 is 2.67 bits per heavy atom. The van der Waals surface area contributed by atoms with Gasteiger partial charge in [-0.25, -0.2) is 0 Å². The first kappa shape index (κ1) is 18.5. The molecule has 4 heteroatoms. The van der Waals surface area contributed by atoms with E-state index >= 15 is 0 Å². The molecule has 1 aromatic carbocycles. The zero-order chi connectivity index (χ0) is 17.6. The van der Waals surface area contributed by atoms with E-state index in [2.05, 4.69) is 32.0 Å². The minimum Gasteiger partial charge on any atom is -0.376 e. The molecule has 1 fully saturated rings. The monoisotopic (exact) mass is 328 g/mol. The third kappa shape index (κ3) is 5.07. The molecule has 1 aromatic rings. The van der Waals surface area contributed by atoms with Crippen LogP contribution in [-0.4, -0.2) is 36.6 Å². The first-order valence-corrected chi connectivity index (χ1v) is 8.65. The van der Waals surface area contributed by atoms with Crippen LogP contribution in [0.25, 0.3) is 0 Å². The zero-order valence-electron chi connectivity index (χ0n) is 15.0. The van der Waals surface area contributed by atoms with Crippen molar-refractivity contribution in [3.05, 3.63) is 35.9 Å². The number of carbonyl (C=O) groups is 1. The van der Waals surface area contributed by atoms with Crippen molar-refractivity contribution in [3.63, 3.8) is 0 Å². The number of carbonyl (C=O) groups excluding carboxylic acids is 1. The Morgan fingerprint density at radius 2 is 2.04 bits per heavy atom. The Labute approximate surface area is 145 Å². The van der Waals surface area contributed by atoms with Crippen molar-refractivity contribution in [1.29, 1.82) is 5.26 Å². The Morgan fingerprint density at radius 1 is 1.33 bits per heavy atom. The second kappa shape index (κ2) is 7.81. The normalized spacial score (nSPS) is 22.6. The molecular formula is C20H28N2O2. The smallest absolute Gasteiger partial charge is 0.222 e. The van der Waals surface area contributed by atoms with Crippen LogP contribution in [-0.2, 0) is 16.0 Å². The lowest BCUT2D eigenvalue weighted by Crippen LogP contribution is -2.45. The minimum absolute atomic E-state index is 0.0823. The van der Waals surface area contributed by atoms with E-state index in [-0.39, 0.29) is 16.9 Å². The van der Waals surface area contributed by atoms with Crippen LogP contribution in [0.15, 0.2) is 30.3 Å². The number of hydrogen-bond donors (Lipinski definition) is 0. The maximum atomic E-state index is 12.7. The van der Waals surface area contributed by atoms with Crippen molar-refractivity contribution in [2.75, 3.05) is 20.2 Å². The fraction of sp³-hybridized carbons (Fsp3) is 0.600. The van der Waals surface area contributed by atoms with Gasteiger partial charge in [-0.05, 0) is 44.1 Å². The number of amides is 1. The van der Waals surface area contributed by atoms with Gasteiger partial charge in [0, 0.05) is 26.6 Å². The number of benzene rings is 1. The van der Waals surface area contributed by atoms with Crippen LogP contribution in [0, 0.1) is 16.7 Å². The lowest BCUT2D eigenvalue weighted by molar-refractivity contribution is -0.140. The van der Waals surface area contributed by atoms with Crippen molar-refractivity contribution in [2.24, 2.45) is 5.41 Å². The maximum absolute atomic E-state index is 12.7. The maximum Gasteiger partial charge on any atom is 0.222 e. The third-order valence-electron chi connectivity index (χ3n) is 4.86. The standard InChI is InChI=1S/C20H28N2O2/c1-19(2)16-20(10-13-24-19,14-17-8-5-4-6-9-17)15-18(23)22(3)12-7-11-21/h4-6,8-9H,7,10,12-16H2,1-3H3/t20-/m1/s1. The van der Waals surface area contributed by atoms with Gasteiger partial charge in [-0.15, -0.1) is 0 Å². The molecule has 1 aliphatic heterocycles. The lowest BCUT2D eigenvalue weighted by Gasteiger charge is -2.45. The van der Waals surface area contributed by atoms with Crippen molar-refractivity contribution < 1.29 is 9.53 Å². The molecule has 0 saturated carbocycles. The quantitative estimate of drug-likeness (QED) is 0.802. The number of nitrogens with zero attached hydrogens (tertiary/aromatic N) is 2. The molecule has 4 nitrogen and oxygen atoms in total. The summed E-state index contributed by atoms with van der Waals surface area (Å²) in [7, 11) is 1.79. The van der Waals surface area contributed by atoms with Gasteiger partial charge in [0.05, 0.1) is 18.1 Å². The average Bonchev–Trinajstić information content (AvgIpc) is 2.52. The van der Waals surface area contributed by atoms with Crippen LogP contribution >= 0.6 is 0 Å². The van der Waals surface area contributed by atoms with Crippen LogP contribution in [0.2, 0.25) is 0 Å². The van der Waals surface area contributed by atoms with Gasteiger partial charge in [0.25, 0.3) is 0 Å². The van der Waals surface area contributed by atoms with Gasteiger partial charge in [0.2, 0.25) is 5.91 Å². The van der Waals surface area contributed by atoms with Crippen molar-refractivity contribution in [3.8, 4) is 6.07 Å². The van der Waals surface area contributed by atoms with Gasteiger partial charge in [0.1, 0.15) is 0 Å². The molecule has 1 heterocycles. The molecule has 1 atom stereocenters. The van der Waals surface area contributed by atoms with Crippen molar-refractivity contribution in [1.82, 2.24) is 4.90 Å². The van der Waals surface area contributed by atoms with Crippen LogP contribution in [0.5, 0.6) is 0 Å². The molecule has 1 amide bonds. The van der Waals surface area contributed by atoms with Crippen molar-refractivity contribution in [2.45, 2.75) is 51.6 Å². The van der Waals surface area contributed by atoms with E-state index in [4.69, 9.17) is 10.00 Å². The highest BCUT2D eigenvalue weighted by atomic mass is 16.5. The summed E-state index contributed by atoms with van der Waals surface area (Å²) in [6.07, 6.45) is 3.54. The fourth-order valence-electron chi connectivity index (χ4n) is 3.78. The molecule has 130 valence electrons. The molecule has 0 N–H and O–H groups in total. The lowest BCUT2D eigenvalue weighted by atomic mass is 9.68. The second-order valence-corrected chi connectivity index (χ2v) is 7.60. The highest BCUT2D eigenvalue weighted by Gasteiger charge is 2.42. The van der Waals surface area contributed by atoms with Crippen LogP contribution in [0.3, 0.4) is 0 Å². The van der Waals surface area contributed by atoms with Gasteiger partial charge in [0.15, 0.2) is 0 Å². The molecule has 1 saturated heterocycles. The fourth-order valence-corrected chi connectivity index (χ4v) is 3.78. The van der Waals surface area contributed by atoms with E-state index < -0.39 is 0 Å². The Hall–Kier alpha value is -1.86. The molecule has 0 unspecified atom stereocenters. The van der Waals surface area contributed by atoms with Crippen LogP contribution < -0.4 is 0 Å². The van der Waals surface area contributed by atoms with Gasteiger partial charge >= 0.3 is 0 Å². The molecule has 0 aromatic heterocycles. The Bertz CT molecular complexity index is 591. The highest BCUT2D eigenvalue weighted by Crippen LogP contribution is 2.44. The summed E-state index contributed by atoms with van der Waals surface area (Å²) in [5, 5.41) is 8.73. The Balaban J connectivity index is 2.17. The van der Waals surface area contributed by atoms with Crippen LogP contribution in [0.1, 0.15) is 45.1 Å². The zero-order valence-corrected chi connectivity index (χ0v) is 15.0. The summed E-state index contributed by atoms with van der Waals surface area (Å²) in [6.45, 7) is 5.40. The summed E-state index contributed by atoms with van der Waals surface area (Å²) in [6, 6.07) is 12.5. The highest BCUT2D eigenvalue weighted by molar-refractivity contribution is 5.76. The predicted molar refractivity (Wildman–Crippen MR) is 94.3 cm³/mol. The summed E-state index contributed by atoms with van der Waals surface area (Å²) >= 11 is 0. The summed E-state index contributed by atoms with van der Waals surface area (Å²) in [5.74, 6) is 0.124. The summed E-state index contributed by atoms with van der Waals surface area (Å²) < 4.78 is 5.90. The molecule has 0 spiro atoms. The van der Waals surface area contributed by atoms with E-state index in [0.717, 1.165) is 19.3 Å². The summed E-state index contributed by atoms with van der Waals surface area (Å²) in [5.41, 5.74) is 0.974. The van der Waals surface area contributed by atoms with Gasteiger partial charge in [-0.2, -0.15) is 5.26 Å². The first-order valence-electron chi connectivity index (χ1n) is 8.65. The SMILES string of the molecule is CN(CCC#N)C(=O)C[C@]1(Cc2ccccc2)CCOC(C)(C)C1. The molecule has 2 rings (SSSR count). The van der Waals surface area contributed by atoms with E-state index in [1.165, 1.54) is 5.56 Å². The second-order valence-electron chi connectivity index (χ2n) is 7.60. The number of hydrogen-bond acceptors (Lipinski definition) is 3. The van der Waals surface area contributed by atoms with E-state index in [9.17, 15) is 4.79 Å². The topological polar surface area (TPSA) is 53.3 Å². The van der Waals surface area contributed by atoms with E-state index in [1.54, 1.807) is 11.9 Å². The minimum atomic E-state index is -0.210. The molecule has 24 heavy (non-hydrogen) atoms.